The molecule has 4 aromatic rings. The lowest BCUT2D eigenvalue weighted by Gasteiger charge is -2.17. The first kappa shape index (κ1) is 19.2. The highest BCUT2D eigenvalue weighted by Crippen LogP contribution is 2.24. The minimum atomic E-state index is -0.131. The molecule has 5 heteroatoms. The SMILES string of the molecule is O=C(Nc1cccc(Cc2n[nH]c(=O)c3c2CCCC3)c1)c1cccc2ccccc12. The van der Waals surface area contributed by atoms with Gasteiger partial charge in [-0.1, -0.05) is 48.5 Å². The van der Waals surface area contributed by atoms with Gasteiger partial charge in [0.15, 0.2) is 0 Å². The summed E-state index contributed by atoms with van der Waals surface area (Å²) in [6, 6.07) is 21.5. The second kappa shape index (κ2) is 8.19. The first-order chi connectivity index (χ1) is 15.2. The van der Waals surface area contributed by atoms with Crippen molar-refractivity contribution in [3.05, 3.63) is 105 Å². The number of hydrogen-bond donors (Lipinski definition) is 2. The third kappa shape index (κ3) is 3.87. The molecule has 1 aromatic heterocycles. The number of rotatable bonds is 4. The van der Waals surface area contributed by atoms with Crippen molar-refractivity contribution in [1.29, 1.82) is 0 Å². The number of anilines is 1. The van der Waals surface area contributed by atoms with Gasteiger partial charge < -0.3 is 5.32 Å². The van der Waals surface area contributed by atoms with Crippen LogP contribution in [0.25, 0.3) is 10.8 Å². The third-order valence-electron chi connectivity index (χ3n) is 5.97. The molecule has 0 radical (unpaired) electrons. The maximum atomic E-state index is 13.0. The lowest BCUT2D eigenvalue weighted by Crippen LogP contribution is -2.23. The van der Waals surface area contributed by atoms with E-state index < -0.39 is 0 Å². The van der Waals surface area contributed by atoms with Crippen molar-refractivity contribution in [2.24, 2.45) is 0 Å². The van der Waals surface area contributed by atoms with E-state index in [0.29, 0.717) is 12.0 Å². The molecule has 1 heterocycles. The van der Waals surface area contributed by atoms with Gasteiger partial charge >= 0.3 is 0 Å². The molecule has 3 aromatic carbocycles. The molecular formula is C26H23N3O2. The number of hydrogen-bond acceptors (Lipinski definition) is 3. The minimum absolute atomic E-state index is 0.0606. The Bertz CT molecular complexity index is 1330. The van der Waals surface area contributed by atoms with Gasteiger partial charge in [-0.05, 0) is 65.8 Å². The predicted octanol–water partition coefficient (Wildman–Crippen LogP) is 4.65. The van der Waals surface area contributed by atoms with Crippen LogP contribution in [0.2, 0.25) is 0 Å². The third-order valence-corrected chi connectivity index (χ3v) is 5.97. The van der Waals surface area contributed by atoms with Crippen LogP contribution in [0.4, 0.5) is 5.69 Å². The molecule has 5 rings (SSSR count). The van der Waals surface area contributed by atoms with Crippen molar-refractivity contribution in [1.82, 2.24) is 10.2 Å². The molecule has 0 unspecified atom stereocenters. The van der Waals surface area contributed by atoms with E-state index in [2.05, 4.69) is 15.5 Å². The number of nitrogens with one attached hydrogen (secondary N) is 2. The monoisotopic (exact) mass is 409 g/mol. The summed E-state index contributed by atoms with van der Waals surface area (Å²) >= 11 is 0. The van der Waals surface area contributed by atoms with Gasteiger partial charge in [-0.2, -0.15) is 5.10 Å². The Kier molecular flexibility index (Phi) is 5.08. The van der Waals surface area contributed by atoms with Crippen LogP contribution in [0.15, 0.2) is 71.5 Å². The summed E-state index contributed by atoms with van der Waals surface area (Å²) in [5.41, 5.74) is 5.29. The molecule has 1 amide bonds. The average molecular weight is 409 g/mol. The van der Waals surface area contributed by atoms with E-state index in [-0.39, 0.29) is 11.5 Å². The van der Waals surface area contributed by atoms with Crippen LogP contribution in [-0.2, 0) is 19.3 Å². The molecule has 154 valence electrons. The Morgan fingerprint density at radius 3 is 2.61 bits per heavy atom. The van der Waals surface area contributed by atoms with E-state index in [0.717, 1.165) is 64.5 Å². The fourth-order valence-corrected chi connectivity index (χ4v) is 4.45. The van der Waals surface area contributed by atoms with Crippen molar-refractivity contribution in [3.8, 4) is 0 Å². The van der Waals surface area contributed by atoms with Crippen molar-refractivity contribution in [2.45, 2.75) is 32.1 Å². The van der Waals surface area contributed by atoms with Crippen molar-refractivity contribution < 1.29 is 4.79 Å². The van der Waals surface area contributed by atoms with Gasteiger partial charge in [0.1, 0.15) is 0 Å². The first-order valence-corrected chi connectivity index (χ1v) is 10.7. The van der Waals surface area contributed by atoms with Gasteiger partial charge in [-0.3, -0.25) is 9.59 Å². The molecule has 0 saturated carbocycles. The summed E-state index contributed by atoms with van der Waals surface area (Å²) in [6.45, 7) is 0. The number of aromatic nitrogens is 2. The number of benzene rings is 3. The van der Waals surface area contributed by atoms with Gasteiger partial charge in [0.25, 0.3) is 11.5 Å². The molecule has 1 aliphatic carbocycles. The van der Waals surface area contributed by atoms with E-state index in [1.165, 1.54) is 0 Å². The number of H-pyrrole nitrogens is 1. The molecule has 1 aliphatic rings. The maximum Gasteiger partial charge on any atom is 0.267 e. The molecule has 0 atom stereocenters. The second-order valence-corrected chi connectivity index (χ2v) is 8.02. The van der Waals surface area contributed by atoms with Crippen LogP contribution in [0.5, 0.6) is 0 Å². The van der Waals surface area contributed by atoms with E-state index in [9.17, 15) is 9.59 Å². The normalized spacial score (nSPS) is 13.0. The highest BCUT2D eigenvalue weighted by atomic mass is 16.1. The minimum Gasteiger partial charge on any atom is -0.322 e. The summed E-state index contributed by atoms with van der Waals surface area (Å²) in [4.78, 5) is 25.1. The summed E-state index contributed by atoms with van der Waals surface area (Å²) < 4.78 is 0. The molecule has 0 bridgehead atoms. The molecular weight excluding hydrogens is 386 g/mol. The van der Waals surface area contributed by atoms with Gasteiger partial charge in [0.05, 0.1) is 5.69 Å². The zero-order valence-electron chi connectivity index (χ0n) is 17.2. The standard InChI is InChI=1S/C26H23N3O2/c30-25(22-14-6-9-18-8-1-2-11-20(18)22)27-19-10-5-7-17(15-19)16-24-21-12-3-4-13-23(21)26(31)29-28-24/h1-2,5-11,14-15H,3-4,12-13,16H2,(H,27,30)(H,29,31). The van der Waals surface area contributed by atoms with Crippen molar-refractivity contribution in [3.63, 3.8) is 0 Å². The summed E-state index contributed by atoms with van der Waals surface area (Å²) in [5.74, 6) is -0.131. The van der Waals surface area contributed by atoms with Crippen LogP contribution < -0.4 is 10.9 Å². The fraction of sp³-hybridized carbons (Fsp3) is 0.192. The van der Waals surface area contributed by atoms with Gasteiger partial charge in [-0.25, -0.2) is 5.10 Å². The van der Waals surface area contributed by atoms with E-state index in [1.54, 1.807) is 0 Å². The Morgan fingerprint density at radius 1 is 0.935 bits per heavy atom. The quantitative estimate of drug-likeness (QED) is 0.515. The molecule has 0 spiro atoms. The van der Waals surface area contributed by atoms with Crippen LogP contribution in [-0.4, -0.2) is 16.1 Å². The van der Waals surface area contributed by atoms with Crippen molar-refractivity contribution in [2.75, 3.05) is 5.32 Å². The van der Waals surface area contributed by atoms with E-state index in [1.807, 2.05) is 66.7 Å². The van der Waals surface area contributed by atoms with Crippen LogP contribution in [0.3, 0.4) is 0 Å². The molecule has 31 heavy (non-hydrogen) atoms. The largest absolute Gasteiger partial charge is 0.322 e. The smallest absolute Gasteiger partial charge is 0.267 e. The number of aromatic amines is 1. The number of carbonyl (C=O) groups excluding carboxylic acids is 1. The fourth-order valence-electron chi connectivity index (χ4n) is 4.45. The van der Waals surface area contributed by atoms with E-state index >= 15 is 0 Å². The van der Waals surface area contributed by atoms with Crippen molar-refractivity contribution >= 4 is 22.4 Å². The Hall–Kier alpha value is -3.73. The summed E-state index contributed by atoms with van der Waals surface area (Å²) in [5, 5.41) is 12.0. The molecule has 0 fully saturated rings. The maximum absolute atomic E-state index is 13.0. The van der Waals surface area contributed by atoms with Crippen LogP contribution in [0, 0.1) is 0 Å². The highest BCUT2D eigenvalue weighted by Gasteiger charge is 2.18. The highest BCUT2D eigenvalue weighted by molar-refractivity contribution is 6.12. The van der Waals surface area contributed by atoms with Gasteiger partial charge in [0, 0.05) is 23.2 Å². The average Bonchev–Trinajstić information content (AvgIpc) is 2.81. The second-order valence-electron chi connectivity index (χ2n) is 8.02. The summed E-state index contributed by atoms with van der Waals surface area (Å²) in [7, 11) is 0. The van der Waals surface area contributed by atoms with E-state index in [4.69, 9.17) is 0 Å². The van der Waals surface area contributed by atoms with Crippen LogP contribution >= 0.6 is 0 Å². The van der Waals surface area contributed by atoms with Crippen LogP contribution in [0.1, 0.15) is 45.6 Å². The zero-order chi connectivity index (χ0) is 21.2. The number of nitrogens with zero attached hydrogens (tertiary/aromatic N) is 1. The summed E-state index contributed by atoms with van der Waals surface area (Å²) in [6.07, 6.45) is 4.49. The molecule has 0 saturated heterocycles. The molecule has 5 nitrogen and oxygen atoms in total. The number of carbonyl (C=O) groups is 1. The molecule has 0 aliphatic heterocycles. The first-order valence-electron chi connectivity index (χ1n) is 10.7. The van der Waals surface area contributed by atoms with Gasteiger partial charge in [0.2, 0.25) is 0 Å². The molecule has 2 N–H and O–H groups in total. The topological polar surface area (TPSA) is 74.8 Å². The van der Waals surface area contributed by atoms with Gasteiger partial charge in [-0.15, -0.1) is 0 Å². The Balaban J connectivity index is 1.40. The number of fused-ring (bicyclic) bond motifs is 2. The lowest BCUT2D eigenvalue weighted by atomic mass is 9.90. The predicted molar refractivity (Wildman–Crippen MR) is 123 cm³/mol. The zero-order valence-corrected chi connectivity index (χ0v) is 17.2. The Labute approximate surface area is 180 Å². The lowest BCUT2D eigenvalue weighted by molar-refractivity contribution is 0.102. The Morgan fingerprint density at radius 2 is 1.71 bits per heavy atom. The number of amides is 1.